The number of likely N-dealkylation sites (N-methyl/N-ethyl adjacent to an activating group) is 1. The Bertz CT molecular complexity index is 972. The summed E-state index contributed by atoms with van der Waals surface area (Å²) in [5.41, 5.74) is 3.17. The number of hydrogen-bond acceptors (Lipinski definition) is 9. The number of aliphatic hydroxyl groups is 1. The van der Waals surface area contributed by atoms with E-state index in [9.17, 15) is 5.11 Å². The van der Waals surface area contributed by atoms with Gasteiger partial charge in [0.15, 0.2) is 17.0 Å². The lowest BCUT2D eigenvalue weighted by Crippen LogP contribution is -2.45. The summed E-state index contributed by atoms with van der Waals surface area (Å²) in [7, 11) is 2.12. The molecule has 1 fully saturated rings. The van der Waals surface area contributed by atoms with Crippen LogP contribution < -0.4 is 15.5 Å². The highest BCUT2D eigenvalue weighted by atomic mass is 16.3. The molecule has 3 heterocycles. The Hall–Kier alpha value is -3.04. The van der Waals surface area contributed by atoms with Gasteiger partial charge in [0, 0.05) is 50.8 Å². The molecule has 9 heteroatoms. The quantitative estimate of drug-likeness (QED) is 0.537. The fraction of sp³-hybridized carbons (Fsp3) is 0.400. The van der Waals surface area contributed by atoms with Crippen LogP contribution in [0.4, 0.5) is 17.5 Å². The van der Waals surface area contributed by atoms with Crippen molar-refractivity contribution in [3.63, 3.8) is 0 Å². The van der Waals surface area contributed by atoms with E-state index in [0.717, 1.165) is 37.4 Å². The van der Waals surface area contributed by atoms with E-state index >= 15 is 0 Å². The Morgan fingerprint density at radius 1 is 1.10 bits per heavy atom. The first-order valence-corrected chi connectivity index (χ1v) is 9.78. The summed E-state index contributed by atoms with van der Waals surface area (Å²) in [6, 6.07) is 7.90. The van der Waals surface area contributed by atoms with Crippen molar-refractivity contribution in [3.05, 3.63) is 42.2 Å². The number of aliphatic hydroxyl groups excluding tert-OH is 1. The Kier molecular flexibility index (Phi) is 5.68. The van der Waals surface area contributed by atoms with Crippen LogP contribution in [0.1, 0.15) is 12.5 Å². The first-order chi connectivity index (χ1) is 14.1. The van der Waals surface area contributed by atoms with Gasteiger partial charge in [-0.05, 0) is 31.7 Å². The second-order valence-corrected chi connectivity index (χ2v) is 7.27. The average molecular weight is 394 g/mol. The summed E-state index contributed by atoms with van der Waals surface area (Å²) in [6.45, 7) is 5.99. The van der Waals surface area contributed by atoms with Gasteiger partial charge in [0.05, 0.1) is 0 Å². The van der Waals surface area contributed by atoms with E-state index in [0.29, 0.717) is 29.5 Å². The number of nitrogens with zero attached hydrogens (tertiary/aromatic N) is 6. The molecule has 0 spiro atoms. The standard InChI is InChI=1S/C20H26N8O/c1-14(29)24-16-5-3-4-15(12-16)13-23-19-17-18(22-7-6-21-17)25-20(26-19)28-10-8-27(2)9-11-28/h3-7,12,14,24,29H,8-11,13H2,1-2H3,(H,22,23,25,26). The van der Waals surface area contributed by atoms with E-state index in [1.165, 1.54) is 0 Å². The highest BCUT2D eigenvalue weighted by molar-refractivity contribution is 5.83. The van der Waals surface area contributed by atoms with Crippen molar-refractivity contribution in [2.45, 2.75) is 19.7 Å². The minimum atomic E-state index is -0.606. The highest BCUT2D eigenvalue weighted by Gasteiger charge is 2.19. The van der Waals surface area contributed by atoms with Crippen LogP contribution in [-0.2, 0) is 6.54 Å². The molecule has 1 aliphatic rings. The van der Waals surface area contributed by atoms with Crippen LogP contribution >= 0.6 is 0 Å². The number of rotatable bonds is 6. The number of nitrogens with one attached hydrogen (secondary N) is 2. The van der Waals surface area contributed by atoms with Gasteiger partial charge in [0.25, 0.3) is 0 Å². The van der Waals surface area contributed by atoms with E-state index < -0.39 is 6.23 Å². The van der Waals surface area contributed by atoms with E-state index in [4.69, 9.17) is 4.98 Å². The maximum Gasteiger partial charge on any atom is 0.229 e. The van der Waals surface area contributed by atoms with Crippen LogP contribution in [0.25, 0.3) is 11.2 Å². The molecule has 1 saturated heterocycles. The van der Waals surface area contributed by atoms with Crippen molar-refractivity contribution in [2.75, 3.05) is 48.8 Å². The van der Waals surface area contributed by atoms with Gasteiger partial charge < -0.3 is 25.5 Å². The number of fused-ring (bicyclic) bond motifs is 1. The number of piperazine rings is 1. The monoisotopic (exact) mass is 394 g/mol. The van der Waals surface area contributed by atoms with Gasteiger partial charge in [-0.25, -0.2) is 9.97 Å². The third kappa shape index (κ3) is 4.69. The second-order valence-electron chi connectivity index (χ2n) is 7.27. The SMILES string of the molecule is CC(O)Nc1cccc(CNc2nc(N3CCN(C)CC3)nc3nccnc23)c1. The van der Waals surface area contributed by atoms with Gasteiger partial charge >= 0.3 is 0 Å². The summed E-state index contributed by atoms with van der Waals surface area (Å²) in [5.74, 6) is 1.35. The lowest BCUT2D eigenvalue weighted by molar-refractivity contribution is 0.224. The van der Waals surface area contributed by atoms with Crippen LogP contribution in [0, 0.1) is 0 Å². The molecule has 2 aromatic heterocycles. The zero-order valence-corrected chi connectivity index (χ0v) is 16.7. The van der Waals surface area contributed by atoms with Crippen molar-refractivity contribution in [1.82, 2.24) is 24.8 Å². The molecule has 9 nitrogen and oxygen atoms in total. The average Bonchev–Trinajstić information content (AvgIpc) is 2.72. The lowest BCUT2D eigenvalue weighted by Gasteiger charge is -2.32. The molecule has 0 radical (unpaired) electrons. The number of aromatic nitrogens is 4. The van der Waals surface area contributed by atoms with Gasteiger partial charge in [0.1, 0.15) is 6.23 Å². The second kappa shape index (κ2) is 8.54. The van der Waals surface area contributed by atoms with Crippen LogP contribution in [0.15, 0.2) is 36.7 Å². The van der Waals surface area contributed by atoms with Gasteiger partial charge in [-0.1, -0.05) is 12.1 Å². The third-order valence-corrected chi connectivity index (χ3v) is 4.87. The van der Waals surface area contributed by atoms with Crippen molar-refractivity contribution < 1.29 is 5.11 Å². The van der Waals surface area contributed by atoms with Crippen LogP contribution in [0.3, 0.4) is 0 Å². The molecule has 0 bridgehead atoms. The highest BCUT2D eigenvalue weighted by Crippen LogP contribution is 2.22. The molecule has 1 atom stereocenters. The van der Waals surface area contributed by atoms with Gasteiger partial charge in [-0.2, -0.15) is 9.97 Å². The normalized spacial score (nSPS) is 16.0. The molecular formula is C20H26N8O. The zero-order chi connectivity index (χ0) is 20.2. The molecular weight excluding hydrogens is 368 g/mol. The Morgan fingerprint density at radius 3 is 2.69 bits per heavy atom. The molecule has 1 aliphatic heterocycles. The van der Waals surface area contributed by atoms with Crippen molar-refractivity contribution in [2.24, 2.45) is 0 Å². The van der Waals surface area contributed by atoms with Crippen molar-refractivity contribution in [1.29, 1.82) is 0 Å². The predicted molar refractivity (Wildman–Crippen MR) is 114 cm³/mol. The first kappa shape index (κ1) is 19.3. The molecule has 152 valence electrons. The van der Waals surface area contributed by atoms with Crippen molar-refractivity contribution in [3.8, 4) is 0 Å². The van der Waals surface area contributed by atoms with E-state index in [1.807, 2.05) is 24.3 Å². The summed E-state index contributed by atoms with van der Waals surface area (Å²) in [5, 5.41) is 15.9. The fourth-order valence-electron chi connectivity index (χ4n) is 3.32. The smallest absolute Gasteiger partial charge is 0.229 e. The van der Waals surface area contributed by atoms with Crippen molar-refractivity contribution >= 4 is 28.6 Å². The zero-order valence-electron chi connectivity index (χ0n) is 16.7. The lowest BCUT2D eigenvalue weighted by atomic mass is 10.2. The molecule has 1 aromatic carbocycles. The van der Waals surface area contributed by atoms with E-state index in [2.05, 4.69) is 42.4 Å². The molecule has 4 rings (SSSR count). The van der Waals surface area contributed by atoms with Crippen LogP contribution in [-0.4, -0.2) is 69.4 Å². The van der Waals surface area contributed by atoms with E-state index in [-0.39, 0.29) is 0 Å². The molecule has 0 amide bonds. The maximum absolute atomic E-state index is 9.53. The summed E-state index contributed by atoms with van der Waals surface area (Å²) < 4.78 is 0. The Labute approximate surface area is 169 Å². The molecule has 29 heavy (non-hydrogen) atoms. The largest absolute Gasteiger partial charge is 0.374 e. The molecule has 0 aliphatic carbocycles. The minimum absolute atomic E-state index is 0.570. The summed E-state index contributed by atoms with van der Waals surface area (Å²) in [6.07, 6.45) is 2.70. The molecule has 1 unspecified atom stereocenters. The molecule has 3 N–H and O–H groups in total. The Morgan fingerprint density at radius 2 is 1.90 bits per heavy atom. The first-order valence-electron chi connectivity index (χ1n) is 9.78. The van der Waals surface area contributed by atoms with E-state index in [1.54, 1.807) is 19.3 Å². The van der Waals surface area contributed by atoms with Crippen LogP contribution in [0.5, 0.6) is 0 Å². The molecule has 3 aromatic rings. The Balaban J connectivity index is 1.58. The van der Waals surface area contributed by atoms with Gasteiger partial charge in [-0.3, -0.25) is 0 Å². The van der Waals surface area contributed by atoms with Gasteiger partial charge in [0.2, 0.25) is 5.95 Å². The number of anilines is 3. The number of hydrogen-bond donors (Lipinski definition) is 3. The predicted octanol–water partition coefficient (Wildman–Crippen LogP) is 1.53. The van der Waals surface area contributed by atoms with Crippen LogP contribution in [0.2, 0.25) is 0 Å². The van der Waals surface area contributed by atoms with Gasteiger partial charge in [-0.15, -0.1) is 0 Å². The third-order valence-electron chi connectivity index (χ3n) is 4.87. The fourth-order valence-corrected chi connectivity index (χ4v) is 3.32. The molecule has 0 saturated carbocycles. The number of benzene rings is 1. The maximum atomic E-state index is 9.53. The minimum Gasteiger partial charge on any atom is -0.374 e. The summed E-state index contributed by atoms with van der Waals surface area (Å²) in [4.78, 5) is 22.7. The summed E-state index contributed by atoms with van der Waals surface area (Å²) >= 11 is 0. The topological polar surface area (TPSA) is 102 Å².